The number of aliphatic hydroxyl groups excluding tert-OH is 1. The number of rotatable bonds is 6. The van der Waals surface area contributed by atoms with E-state index in [9.17, 15) is 14.7 Å². The number of carbonyl (C=O) groups is 1. The number of aromatic amines is 1. The lowest BCUT2D eigenvalue weighted by molar-refractivity contribution is -0.133. The summed E-state index contributed by atoms with van der Waals surface area (Å²) in [5.74, 6) is -0.816. The molecule has 2 heterocycles. The number of benzene rings is 3. The number of carbonyl (C=O) groups excluding carboxylic acids is 1. The lowest BCUT2D eigenvalue weighted by Gasteiger charge is -2.17. The lowest BCUT2D eigenvalue weighted by atomic mass is 10.1. The van der Waals surface area contributed by atoms with Crippen molar-refractivity contribution in [3.8, 4) is 5.69 Å². The molecule has 0 fully saturated rings. The summed E-state index contributed by atoms with van der Waals surface area (Å²) in [4.78, 5) is 38.6. The van der Waals surface area contributed by atoms with E-state index >= 15 is 0 Å². The molecule has 9 heteroatoms. The molecule has 2 N–H and O–H groups in total. The van der Waals surface area contributed by atoms with Crippen LogP contribution in [0.1, 0.15) is 17.0 Å². The zero-order valence-corrected chi connectivity index (χ0v) is 21.3. The minimum absolute atomic E-state index is 0.0445. The van der Waals surface area contributed by atoms with Crippen molar-refractivity contribution in [2.75, 3.05) is 12.9 Å². The summed E-state index contributed by atoms with van der Waals surface area (Å²) < 4.78 is 6.51. The second-order valence-electron chi connectivity index (χ2n) is 8.50. The number of aliphatic hydroxyl groups is 1. The maximum Gasteiger partial charge on any atom is 0.345 e. The van der Waals surface area contributed by atoms with E-state index in [0.717, 1.165) is 34.1 Å². The van der Waals surface area contributed by atoms with Gasteiger partial charge < -0.3 is 14.8 Å². The third-order valence-electron chi connectivity index (χ3n) is 6.05. The van der Waals surface area contributed by atoms with Crippen LogP contribution in [-0.2, 0) is 9.53 Å². The largest absolute Gasteiger partial charge is 0.510 e. The molecule has 0 unspecified atom stereocenters. The summed E-state index contributed by atoms with van der Waals surface area (Å²) in [6.45, 7) is 3.87. The highest BCUT2D eigenvalue weighted by molar-refractivity contribution is 7.99. The highest BCUT2D eigenvalue weighted by atomic mass is 32.2. The Bertz CT molecular complexity index is 1700. The van der Waals surface area contributed by atoms with Crippen molar-refractivity contribution in [1.82, 2.24) is 19.5 Å². The van der Waals surface area contributed by atoms with Crippen LogP contribution in [0.2, 0.25) is 0 Å². The monoisotopic (exact) mass is 512 g/mol. The van der Waals surface area contributed by atoms with E-state index in [0.29, 0.717) is 21.6 Å². The topological polar surface area (TPSA) is 110 Å². The van der Waals surface area contributed by atoms with Crippen LogP contribution in [-0.4, -0.2) is 43.5 Å². The van der Waals surface area contributed by atoms with Gasteiger partial charge in [0, 0.05) is 0 Å². The second-order valence-corrected chi connectivity index (χ2v) is 9.44. The number of hydrogen-bond acceptors (Lipinski definition) is 7. The first kappa shape index (κ1) is 24.3. The number of nitrogens with zero attached hydrogens (tertiary/aromatic N) is 3. The van der Waals surface area contributed by atoms with Gasteiger partial charge >= 0.3 is 5.97 Å². The Morgan fingerprint density at radius 2 is 1.65 bits per heavy atom. The van der Waals surface area contributed by atoms with Gasteiger partial charge in [-0.1, -0.05) is 54.2 Å². The summed E-state index contributed by atoms with van der Waals surface area (Å²) in [5, 5.41) is 12.0. The van der Waals surface area contributed by atoms with Gasteiger partial charge in [-0.2, -0.15) is 0 Å². The van der Waals surface area contributed by atoms with Crippen LogP contribution >= 0.6 is 11.8 Å². The van der Waals surface area contributed by atoms with Crippen molar-refractivity contribution in [2.24, 2.45) is 0 Å². The molecule has 5 rings (SSSR count). The van der Waals surface area contributed by atoms with Gasteiger partial charge in [-0.05, 0) is 49.2 Å². The van der Waals surface area contributed by atoms with Crippen LogP contribution < -0.4 is 5.56 Å². The zero-order chi connectivity index (χ0) is 26.1. The molecule has 0 aliphatic rings. The van der Waals surface area contributed by atoms with Gasteiger partial charge in [0.2, 0.25) is 0 Å². The molecule has 0 saturated carbocycles. The average Bonchev–Trinajstić information content (AvgIpc) is 3.32. The Balaban J connectivity index is 1.63. The Morgan fingerprint density at radius 3 is 2.35 bits per heavy atom. The van der Waals surface area contributed by atoms with E-state index in [1.165, 1.54) is 7.11 Å². The maximum atomic E-state index is 13.7. The van der Waals surface area contributed by atoms with Crippen LogP contribution in [0.4, 0.5) is 0 Å². The number of aromatic nitrogens is 4. The van der Waals surface area contributed by atoms with E-state index in [1.807, 2.05) is 56.3 Å². The molecule has 0 bridgehead atoms. The molecule has 5 aromatic rings. The molecule has 0 aliphatic carbocycles. The molecule has 0 aliphatic heterocycles. The summed E-state index contributed by atoms with van der Waals surface area (Å²) in [5.41, 5.74) is 4.21. The van der Waals surface area contributed by atoms with Crippen molar-refractivity contribution in [3.63, 3.8) is 0 Å². The molecule has 0 spiro atoms. The maximum absolute atomic E-state index is 13.7. The van der Waals surface area contributed by atoms with Crippen molar-refractivity contribution >= 4 is 45.2 Å². The number of methoxy groups -OCH3 is 1. The highest BCUT2D eigenvalue weighted by Crippen LogP contribution is 2.28. The minimum atomic E-state index is -0.726. The number of H-pyrrole nitrogens is 1. The molecular formula is C28H24N4O4S. The number of ether oxygens (including phenoxy) is 1. The minimum Gasteiger partial charge on any atom is -0.510 e. The Labute approximate surface area is 216 Å². The Kier molecular flexibility index (Phi) is 6.54. The van der Waals surface area contributed by atoms with Gasteiger partial charge in [-0.3, -0.25) is 9.36 Å². The third-order valence-corrected chi connectivity index (χ3v) is 7.00. The summed E-state index contributed by atoms with van der Waals surface area (Å²) in [7, 11) is 1.24. The van der Waals surface area contributed by atoms with Crippen LogP contribution in [0, 0.1) is 13.8 Å². The van der Waals surface area contributed by atoms with Crippen molar-refractivity contribution < 1.29 is 14.6 Å². The number of esters is 1. The fraction of sp³-hybridized carbons (Fsp3) is 0.143. The molecule has 0 radical (unpaired) electrons. The smallest absolute Gasteiger partial charge is 0.345 e. The lowest BCUT2D eigenvalue weighted by Crippen LogP contribution is -2.23. The third kappa shape index (κ3) is 4.49. The zero-order valence-electron chi connectivity index (χ0n) is 20.5. The molecule has 0 amide bonds. The van der Waals surface area contributed by atoms with Gasteiger partial charge in [0.25, 0.3) is 5.56 Å². The Hall–Kier alpha value is -4.37. The van der Waals surface area contributed by atoms with Crippen LogP contribution in [0.25, 0.3) is 33.2 Å². The van der Waals surface area contributed by atoms with Gasteiger partial charge in [-0.25, -0.2) is 14.8 Å². The first-order valence-corrected chi connectivity index (χ1v) is 12.5. The first-order chi connectivity index (χ1) is 17.9. The number of hydrogen-bond donors (Lipinski definition) is 2. The van der Waals surface area contributed by atoms with Gasteiger partial charge in [0.15, 0.2) is 5.16 Å². The van der Waals surface area contributed by atoms with Crippen LogP contribution in [0.3, 0.4) is 0 Å². The normalized spacial score (nSPS) is 12.1. The van der Waals surface area contributed by atoms with Gasteiger partial charge in [-0.15, -0.1) is 0 Å². The summed E-state index contributed by atoms with van der Waals surface area (Å²) >= 11 is 1.15. The summed E-state index contributed by atoms with van der Waals surface area (Å²) in [6.07, 6.45) is 0. The number of nitrogens with one attached hydrogen (secondary N) is 1. The molecule has 8 nitrogen and oxygen atoms in total. The number of para-hydroxylation sites is 4. The molecule has 37 heavy (non-hydrogen) atoms. The van der Waals surface area contributed by atoms with E-state index in [1.54, 1.807) is 28.8 Å². The van der Waals surface area contributed by atoms with E-state index in [-0.39, 0.29) is 28.5 Å². The molecule has 186 valence electrons. The average molecular weight is 513 g/mol. The van der Waals surface area contributed by atoms with Crippen molar-refractivity contribution in [1.29, 1.82) is 0 Å². The fourth-order valence-electron chi connectivity index (χ4n) is 4.29. The number of imidazole rings is 1. The number of aryl methyl sites for hydroxylation is 2. The number of thioether (sulfide) groups is 1. The quantitative estimate of drug-likeness (QED) is 0.107. The molecule has 0 atom stereocenters. The molecule has 0 saturated heterocycles. The van der Waals surface area contributed by atoms with Gasteiger partial charge in [0.05, 0.1) is 40.5 Å². The van der Waals surface area contributed by atoms with E-state index in [4.69, 9.17) is 9.72 Å². The van der Waals surface area contributed by atoms with Gasteiger partial charge in [0.1, 0.15) is 17.2 Å². The molecular weight excluding hydrogens is 488 g/mol. The predicted octanol–water partition coefficient (Wildman–Crippen LogP) is 5.11. The van der Waals surface area contributed by atoms with E-state index in [2.05, 4.69) is 9.97 Å². The number of fused-ring (bicyclic) bond motifs is 2. The van der Waals surface area contributed by atoms with Crippen molar-refractivity contribution in [2.45, 2.75) is 19.0 Å². The van der Waals surface area contributed by atoms with Crippen LogP contribution in [0.15, 0.2) is 82.4 Å². The molecule has 2 aromatic heterocycles. The SMILES string of the molecule is COC(=O)/C(=C(/O)CSc1nc2ccccc2c(=O)n1-c1c(C)cccc1C)c1nc2ccccc2[nH]1. The Morgan fingerprint density at radius 1 is 0.973 bits per heavy atom. The predicted molar refractivity (Wildman–Crippen MR) is 145 cm³/mol. The summed E-state index contributed by atoms with van der Waals surface area (Å²) in [6, 6.07) is 20.3. The highest BCUT2D eigenvalue weighted by Gasteiger charge is 2.23. The molecule has 3 aromatic carbocycles. The van der Waals surface area contributed by atoms with Crippen LogP contribution in [0.5, 0.6) is 0 Å². The standard InChI is InChI=1S/C28H24N4O4S/c1-16-9-8-10-17(2)24(16)32-26(34)18-11-4-5-12-19(18)31-28(32)37-15-22(33)23(27(35)36-3)25-29-20-13-6-7-14-21(20)30-25/h4-14,33H,15H2,1-3H3,(H,29,30)/b23-22+. The second kappa shape index (κ2) is 9.94. The van der Waals surface area contributed by atoms with E-state index < -0.39 is 5.97 Å². The van der Waals surface area contributed by atoms with Crippen molar-refractivity contribution in [3.05, 3.63) is 99.8 Å². The fourth-order valence-corrected chi connectivity index (χ4v) is 5.17. The first-order valence-electron chi connectivity index (χ1n) is 11.6.